The number of hydrogen-bond acceptors (Lipinski definition) is 4. The molecule has 1 amide bonds. The van der Waals surface area contributed by atoms with Gasteiger partial charge in [0, 0.05) is 19.1 Å². The maximum absolute atomic E-state index is 11.9. The fraction of sp³-hybridized carbons (Fsp3) is 0.923. The number of piperidine rings is 1. The molecule has 0 spiro atoms. The lowest BCUT2D eigenvalue weighted by molar-refractivity contribution is -0.127. The summed E-state index contributed by atoms with van der Waals surface area (Å²) in [5, 5.41) is 12.0. The lowest BCUT2D eigenvalue weighted by Gasteiger charge is -2.33. The van der Waals surface area contributed by atoms with E-state index in [0.29, 0.717) is 19.5 Å². The molecule has 0 aromatic carbocycles. The van der Waals surface area contributed by atoms with E-state index in [1.165, 1.54) is 6.26 Å². The van der Waals surface area contributed by atoms with Gasteiger partial charge in [0.2, 0.25) is 15.9 Å². The van der Waals surface area contributed by atoms with Crippen LogP contribution in [0.25, 0.3) is 0 Å². The highest BCUT2D eigenvalue weighted by atomic mass is 32.2. The van der Waals surface area contributed by atoms with E-state index in [-0.39, 0.29) is 18.6 Å². The van der Waals surface area contributed by atoms with Crippen molar-refractivity contribution in [3.63, 3.8) is 0 Å². The van der Waals surface area contributed by atoms with Crippen LogP contribution in [0.1, 0.15) is 38.5 Å². The summed E-state index contributed by atoms with van der Waals surface area (Å²) >= 11 is 0. The van der Waals surface area contributed by atoms with Gasteiger partial charge in [0.05, 0.1) is 18.3 Å². The van der Waals surface area contributed by atoms with Crippen LogP contribution in [-0.2, 0) is 14.8 Å². The monoisotopic (exact) mass is 304 g/mol. The highest BCUT2D eigenvalue weighted by Gasteiger charge is 2.49. The first-order valence-corrected chi connectivity index (χ1v) is 9.10. The highest BCUT2D eigenvalue weighted by Crippen LogP contribution is 2.45. The Labute approximate surface area is 120 Å². The molecular formula is C13H24N2O4S. The third-order valence-electron chi connectivity index (χ3n) is 4.40. The molecule has 2 rings (SSSR count). The number of hydrogen-bond donors (Lipinski definition) is 2. The molecular weight excluding hydrogens is 280 g/mol. The molecule has 2 N–H and O–H groups in total. The zero-order valence-electron chi connectivity index (χ0n) is 12.0. The van der Waals surface area contributed by atoms with Crippen LogP contribution in [0.4, 0.5) is 0 Å². The molecule has 0 aromatic heterocycles. The quantitative estimate of drug-likeness (QED) is 0.727. The van der Waals surface area contributed by atoms with Gasteiger partial charge in [0.15, 0.2) is 0 Å². The van der Waals surface area contributed by atoms with E-state index in [4.69, 9.17) is 0 Å². The van der Waals surface area contributed by atoms with Crippen LogP contribution in [0.3, 0.4) is 0 Å². The van der Waals surface area contributed by atoms with Crippen molar-refractivity contribution in [2.75, 3.05) is 26.0 Å². The first-order chi connectivity index (χ1) is 9.39. The van der Waals surface area contributed by atoms with Crippen LogP contribution >= 0.6 is 0 Å². The van der Waals surface area contributed by atoms with Gasteiger partial charge >= 0.3 is 0 Å². The van der Waals surface area contributed by atoms with Crippen molar-refractivity contribution < 1.29 is 18.3 Å². The smallest absolute Gasteiger partial charge is 0.228 e. The summed E-state index contributed by atoms with van der Waals surface area (Å²) in [6.45, 7) is 0.951. The summed E-state index contributed by atoms with van der Waals surface area (Å²) in [6.07, 6.45) is 6.17. The van der Waals surface area contributed by atoms with Crippen LogP contribution in [0, 0.1) is 5.41 Å². The minimum absolute atomic E-state index is 0.0108. The molecule has 0 aromatic rings. The van der Waals surface area contributed by atoms with Gasteiger partial charge in [0.1, 0.15) is 0 Å². The van der Waals surface area contributed by atoms with E-state index >= 15 is 0 Å². The molecule has 2 fully saturated rings. The van der Waals surface area contributed by atoms with E-state index in [1.807, 2.05) is 0 Å². The predicted octanol–water partition coefficient (Wildman–Crippen LogP) is 0.0793. The molecule has 20 heavy (non-hydrogen) atoms. The van der Waals surface area contributed by atoms with Crippen molar-refractivity contribution in [2.45, 2.75) is 44.6 Å². The molecule has 0 radical (unpaired) electrons. The molecule has 0 bridgehead atoms. The molecule has 2 aliphatic rings. The van der Waals surface area contributed by atoms with E-state index in [0.717, 1.165) is 32.1 Å². The maximum Gasteiger partial charge on any atom is 0.228 e. The van der Waals surface area contributed by atoms with E-state index < -0.39 is 15.4 Å². The highest BCUT2D eigenvalue weighted by molar-refractivity contribution is 7.88. The normalized spacial score (nSPS) is 26.2. The van der Waals surface area contributed by atoms with E-state index in [9.17, 15) is 18.3 Å². The van der Waals surface area contributed by atoms with E-state index in [2.05, 4.69) is 5.32 Å². The number of carbonyl (C=O) groups is 1. The molecule has 1 aliphatic carbocycles. The summed E-state index contributed by atoms with van der Waals surface area (Å²) in [5.74, 6) is -0.0956. The first kappa shape index (κ1) is 15.7. The molecule has 6 nitrogen and oxygen atoms in total. The number of nitrogens with zero attached hydrogens (tertiary/aromatic N) is 1. The van der Waals surface area contributed by atoms with Crippen LogP contribution in [0.15, 0.2) is 0 Å². The number of sulfonamides is 1. The van der Waals surface area contributed by atoms with Gasteiger partial charge in [0.25, 0.3) is 0 Å². The third kappa shape index (κ3) is 3.51. The molecule has 1 heterocycles. The van der Waals surface area contributed by atoms with Crippen molar-refractivity contribution >= 4 is 15.9 Å². The SMILES string of the molecule is CS(=O)(=O)N1CCCC[C@H]1CCNC(=O)C1(CO)CC1. The Morgan fingerprint density at radius 3 is 2.65 bits per heavy atom. The van der Waals surface area contributed by atoms with E-state index in [1.54, 1.807) is 4.31 Å². The number of rotatable bonds is 6. The van der Waals surface area contributed by atoms with Gasteiger partial charge in [-0.2, -0.15) is 4.31 Å². The average Bonchev–Trinajstić information content (AvgIpc) is 3.19. The summed E-state index contributed by atoms with van der Waals surface area (Å²) in [5.41, 5.74) is -0.552. The van der Waals surface area contributed by atoms with Crippen LogP contribution in [0.5, 0.6) is 0 Å². The Hall–Kier alpha value is -0.660. The zero-order chi connectivity index (χ0) is 14.8. The Kier molecular flexibility index (Phi) is 4.71. The molecule has 0 unspecified atom stereocenters. The molecule has 1 saturated carbocycles. The Bertz CT molecular complexity index is 459. The van der Waals surface area contributed by atoms with Crippen LogP contribution in [0.2, 0.25) is 0 Å². The van der Waals surface area contributed by atoms with Gasteiger partial charge in [-0.15, -0.1) is 0 Å². The number of aliphatic hydroxyl groups excluding tert-OH is 1. The second kappa shape index (κ2) is 5.99. The average molecular weight is 304 g/mol. The number of aliphatic hydroxyl groups is 1. The second-order valence-electron chi connectivity index (χ2n) is 6.01. The molecule has 1 atom stereocenters. The molecule has 1 aliphatic heterocycles. The Balaban J connectivity index is 1.82. The van der Waals surface area contributed by atoms with Crippen molar-refractivity contribution in [3.8, 4) is 0 Å². The van der Waals surface area contributed by atoms with Gasteiger partial charge in [-0.1, -0.05) is 6.42 Å². The van der Waals surface area contributed by atoms with Gasteiger partial charge < -0.3 is 10.4 Å². The van der Waals surface area contributed by atoms with Gasteiger partial charge in [-0.25, -0.2) is 8.42 Å². The van der Waals surface area contributed by atoms with Crippen LogP contribution < -0.4 is 5.32 Å². The molecule has 7 heteroatoms. The summed E-state index contributed by atoms with van der Waals surface area (Å²) in [7, 11) is -3.17. The Morgan fingerprint density at radius 1 is 1.40 bits per heavy atom. The minimum Gasteiger partial charge on any atom is -0.395 e. The summed E-state index contributed by atoms with van der Waals surface area (Å²) in [6, 6.07) is -0.0108. The van der Waals surface area contributed by atoms with Crippen molar-refractivity contribution in [1.29, 1.82) is 0 Å². The number of nitrogens with one attached hydrogen (secondary N) is 1. The lowest BCUT2D eigenvalue weighted by atomic mass is 10.0. The lowest BCUT2D eigenvalue weighted by Crippen LogP contribution is -2.45. The first-order valence-electron chi connectivity index (χ1n) is 7.25. The summed E-state index contributed by atoms with van der Waals surface area (Å²) < 4.78 is 25.0. The molecule has 1 saturated heterocycles. The van der Waals surface area contributed by atoms with Crippen molar-refractivity contribution in [2.24, 2.45) is 5.41 Å². The maximum atomic E-state index is 11.9. The Morgan fingerprint density at radius 2 is 2.10 bits per heavy atom. The topological polar surface area (TPSA) is 86.7 Å². The van der Waals surface area contributed by atoms with Gasteiger partial charge in [-0.3, -0.25) is 4.79 Å². The standard InChI is InChI=1S/C13H24N2O4S/c1-20(18,19)15-9-3-2-4-11(15)5-8-14-12(17)13(10-16)6-7-13/h11,16H,2-10H2,1H3,(H,14,17)/t11-/m0/s1. The number of amides is 1. The van der Waals surface area contributed by atoms with Crippen molar-refractivity contribution in [1.82, 2.24) is 9.62 Å². The minimum atomic E-state index is -3.17. The third-order valence-corrected chi connectivity index (χ3v) is 5.73. The number of carbonyl (C=O) groups excluding carboxylic acids is 1. The van der Waals surface area contributed by atoms with Crippen LogP contribution in [-0.4, -0.2) is 55.7 Å². The molecule has 116 valence electrons. The van der Waals surface area contributed by atoms with Gasteiger partial charge in [-0.05, 0) is 32.1 Å². The summed E-state index contributed by atoms with van der Waals surface area (Å²) in [4.78, 5) is 11.9. The predicted molar refractivity (Wildman–Crippen MR) is 75.6 cm³/mol. The fourth-order valence-corrected chi connectivity index (χ4v) is 4.06. The zero-order valence-corrected chi connectivity index (χ0v) is 12.8. The fourth-order valence-electron chi connectivity index (χ4n) is 2.85. The second-order valence-corrected chi connectivity index (χ2v) is 7.94. The largest absolute Gasteiger partial charge is 0.395 e. The van der Waals surface area contributed by atoms with Crippen molar-refractivity contribution in [3.05, 3.63) is 0 Å².